The monoisotopic (exact) mass is 725 g/mol. The predicted molar refractivity (Wildman–Crippen MR) is 195 cm³/mol. The van der Waals surface area contributed by atoms with Crippen molar-refractivity contribution in [3.05, 3.63) is 0 Å². The molecule has 0 aromatic rings. The minimum atomic E-state index is -0.818. The van der Waals surface area contributed by atoms with Gasteiger partial charge in [-0.05, 0) is 74.2 Å². The van der Waals surface area contributed by atoms with Crippen LogP contribution in [0.2, 0.25) is 0 Å². The van der Waals surface area contributed by atoms with E-state index >= 15 is 0 Å². The van der Waals surface area contributed by atoms with Crippen LogP contribution in [0.5, 0.6) is 0 Å². The average Bonchev–Trinajstić information content (AvgIpc) is 3.90. The number of amides is 3. The first-order chi connectivity index (χ1) is 24.4. The van der Waals surface area contributed by atoms with Gasteiger partial charge in [0.05, 0.1) is 31.2 Å². The quantitative estimate of drug-likeness (QED) is 0.232. The third kappa shape index (κ3) is 9.46. The second-order valence-corrected chi connectivity index (χ2v) is 18.5. The molecule has 3 saturated heterocycles. The molecule has 7 atom stereocenters. The number of likely N-dealkylation sites (N-methyl/N-ethyl adjacent to an activating group) is 1. The Labute approximate surface area is 310 Å². The summed E-state index contributed by atoms with van der Waals surface area (Å²) in [7, 11) is 1.73. The van der Waals surface area contributed by atoms with Crippen LogP contribution in [-0.2, 0) is 38.3 Å². The highest BCUT2D eigenvalue weighted by Gasteiger charge is 2.69. The Kier molecular flexibility index (Phi) is 12.7. The van der Waals surface area contributed by atoms with Crippen LogP contribution in [0.25, 0.3) is 0 Å². The summed E-state index contributed by atoms with van der Waals surface area (Å²) in [4.78, 5) is 99.8. The normalized spacial score (nSPS) is 31.6. The van der Waals surface area contributed by atoms with E-state index in [4.69, 9.17) is 4.74 Å². The number of nitrogens with zero attached hydrogens (tertiary/aromatic N) is 3. The zero-order valence-corrected chi connectivity index (χ0v) is 32.7. The molecule has 0 bridgehead atoms. The van der Waals surface area contributed by atoms with Gasteiger partial charge in [0.2, 0.25) is 23.5 Å². The molecular formula is C41H63N3O8. The molecule has 0 spiro atoms. The third-order valence-corrected chi connectivity index (χ3v) is 13.0. The Morgan fingerprint density at radius 1 is 0.904 bits per heavy atom. The van der Waals surface area contributed by atoms with E-state index in [-0.39, 0.29) is 109 Å². The van der Waals surface area contributed by atoms with Crippen LogP contribution >= 0.6 is 0 Å². The molecule has 5 fully saturated rings. The lowest BCUT2D eigenvalue weighted by atomic mass is 9.76. The molecule has 0 N–H and O–H groups in total. The Bertz CT molecular complexity index is 1390. The fourth-order valence-electron chi connectivity index (χ4n) is 9.06. The average molecular weight is 726 g/mol. The van der Waals surface area contributed by atoms with Gasteiger partial charge in [0.1, 0.15) is 5.78 Å². The zero-order chi connectivity index (χ0) is 38.1. The molecule has 11 nitrogen and oxygen atoms in total. The molecule has 11 heteroatoms. The van der Waals surface area contributed by atoms with Crippen molar-refractivity contribution in [1.82, 2.24) is 14.7 Å². The largest absolute Gasteiger partial charge is 0.378 e. The molecular weight excluding hydrogens is 662 g/mol. The Morgan fingerprint density at radius 2 is 1.54 bits per heavy atom. The number of Topliss-reactive ketones (excluding diaryl/α,β-unsaturated/α-hetero) is 4. The first-order valence-electron chi connectivity index (χ1n) is 19.9. The van der Waals surface area contributed by atoms with Crippen molar-refractivity contribution in [3.8, 4) is 0 Å². The predicted octanol–water partition coefficient (Wildman–Crippen LogP) is 4.67. The van der Waals surface area contributed by atoms with E-state index in [2.05, 4.69) is 13.8 Å². The molecule has 3 aliphatic heterocycles. The molecule has 290 valence electrons. The standard InChI is InChI=1S/C41H63N3O8/c1-25-30(20-29(45)19-28(40(2,3)4)21-43-34(48)23-42(7)24-35(43)49)39(51)44-22-31-36(41(31,5)6)37(44)32(46)18-27(13-11-9-8-10-12-16-52-25)38(50)33(47)17-26-14-15-26/h25-28,30-31,36-37H,8-24H2,1-7H3/t25-,27+,28+,30-,31-,36-,37+/m0/s1. The summed E-state index contributed by atoms with van der Waals surface area (Å²) < 4.78 is 6.26. The van der Waals surface area contributed by atoms with Gasteiger partial charge in [0.15, 0.2) is 11.6 Å². The van der Waals surface area contributed by atoms with Gasteiger partial charge in [0.25, 0.3) is 0 Å². The van der Waals surface area contributed by atoms with E-state index in [0.717, 1.165) is 44.9 Å². The maximum atomic E-state index is 14.7. The van der Waals surface area contributed by atoms with Crippen LogP contribution in [0.3, 0.4) is 0 Å². The lowest BCUT2D eigenvalue weighted by Crippen LogP contribution is -2.55. The minimum Gasteiger partial charge on any atom is -0.378 e. The number of fused-ring (bicyclic) bond motifs is 3. The maximum absolute atomic E-state index is 14.7. The highest BCUT2D eigenvalue weighted by Crippen LogP contribution is 2.65. The number of rotatable bonds is 10. The maximum Gasteiger partial charge on any atom is 0.243 e. The smallest absolute Gasteiger partial charge is 0.243 e. The highest BCUT2D eigenvalue weighted by molar-refractivity contribution is 6.38. The lowest BCUT2D eigenvalue weighted by Gasteiger charge is -2.38. The first kappa shape index (κ1) is 40.4. The minimum absolute atomic E-state index is 0.0442. The number of carbonyl (C=O) groups excluding carboxylic acids is 7. The number of hydrogen-bond acceptors (Lipinski definition) is 9. The topological polar surface area (TPSA) is 138 Å². The molecule has 0 unspecified atom stereocenters. The van der Waals surface area contributed by atoms with Gasteiger partial charge in [-0.1, -0.05) is 60.3 Å². The van der Waals surface area contributed by atoms with Crippen molar-refractivity contribution in [2.45, 2.75) is 131 Å². The van der Waals surface area contributed by atoms with Crippen molar-refractivity contribution in [2.24, 2.45) is 46.3 Å². The molecule has 0 radical (unpaired) electrons. The molecule has 5 rings (SSSR count). The summed E-state index contributed by atoms with van der Waals surface area (Å²) in [6.07, 6.45) is 6.38. The fraction of sp³-hybridized carbons (Fsp3) is 0.829. The molecule has 5 aliphatic rings. The van der Waals surface area contributed by atoms with Gasteiger partial charge < -0.3 is 9.64 Å². The van der Waals surface area contributed by atoms with Crippen LogP contribution in [0.4, 0.5) is 0 Å². The molecule has 52 heavy (non-hydrogen) atoms. The van der Waals surface area contributed by atoms with Gasteiger partial charge in [-0.2, -0.15) is 0 Å². The van der Waals surface area contributed by atoms with Crippen molar-refractivity contribution in [3.63, 3.8) is 0 Å². The summed E-state index contributed by atoms with van der Waals surface area (Å²) >= 11 is 0. The molecule has 3 amide bonds. The SMILES string of the molecule is C[C@@H]1OCCCCCCC[C@@H](C(=O)C(=O)CC2CC2)CC(=O)[C@@H]2[C@@H]3[C@H](CN2C(=O)[C@H]1CC(=O)C[C@H](CN1C(=O)CN(C)CC1=O)C(C)(C)C)C3(C)C. The van der Waals surface area contributed by atoms with Crippen LogP contribution in [0.15, 0.2) is 0 Å². The van der Waals surface area contributed by atoms with Crippen LogP contribution in [0.1, 0.15) is 119 Å². The van der Waals surface area contributed by atoms with Crippen LogP contribution in [-0.4, -0.2) is 108 Å². The number of piperidine rings is 1. The van der Waals surface area contributed by atoms with E-state index in [1.807, 2.05) is 27.7 Å². The first-order valence-corrected chi connectivity index (χ1v) is 19.9. The van der Waals surface area contributed by atoms with Gasteiger partial charge in [-0.3, -0.25) is 43.4 Å². The molecule has 0 aromatic heterocycles. The summed E-state index contributed by atoms with van der Waals surface area (Å²) in [6.45, 7) is 13.3. The van der Waals surface area contributed by atoms with Crippen molar-refractivity contribution in [1.29, 1.82) is 0 Å². The Hall–Kier alpha value is -2.79. The second kappa shape index (κ2) is 16.3. The van der Waals surface area contributed by atoms with Crippen LogP contribution < -0.4 is 0 Å². The van der Waals surface area contributed by atoms with Crippen molar-refractivity contribution in [2.75, 3.05) is 39.8 Å². The number of ether oxygens (including phenoxy) is 1. The lowest BCUT2D eigenvalue weighted by molar-refractivity contribution is -0.152. The molecule has 0 aromatic carbocycles. The molecule has 2 aliphatic carbocycles. The van der Waals surface area contributed by atoms with E-state index in [1.54, 1.807) is 16.8 Å². The number of hydrogen-bond donors (Lipinski definition) is 0. The van der Waals surface area contributed by atoms with Crippen molar-refractivity contribution >= 4 is 40.9 Å². The van der Waals surface area contributed by atoms with Crippen molar-refractivity contribution < 1.29 is 38.3 Å². The summed E-state index contributed by atoms with van der Waals surface area (Å²) in [6, 6.07) is -0.712. The number of imide groups is 1. The number of carbonyl (C=O) groups is 7. The fourth-order valence-corrected chi connectivity index (χ4v) is 9.06. The van der Waals surface area contributed by atoms with Crippen LogP contribution in [0, 0.1) is 46.3 Å². The molecule has 2 saturated carbocycles. The second-order valence-electron chi connectivity index (χ2n) is 18.5. The van der Waals surface area contributed by atoms with Gasteiger partial charge in [-0.15, -0.1) is 0 Å². The van der Waals surface area contributed by atoms with E-state index < -0.39 is 35.2 Å². The summed E-state index contributed by atoms with van der Waals surface area (Å²) in [5, 5.41) is 0. The number of piperazine rings is 1. The molecule has 3 heterocycles. The van der Waals surface area contributed by atoms with E-state index in [1.165, 1.54) is 4.90 Å². The third-order valence-electron chi connectivity index (χ3n) is 13.0. The zero-order valence-electron chi connectivity index (χ0n) is 32.7. The summed E-state index contributed by atoms with van der Waals surface area (Å²) in [5.41, 5.74) is -0.537. The van der Waals surface area contributed by atoms with Gasteiger partial charge in [0, 0.05) is 51.3 Å². The Balaban J connectivity index is 1.36. The van der Waals surface area contributed by atoms with Gasteiger partial charge in [-0.25, -0.2) is 0 Å². The van der Waals surface area contributed by atoms with E-state index in [0.29, 0.717) is 19.6 Å². The van der Waals surface area contributed by atoms with E-state index in [9.17, 15) is 33.6 Å². The van der Waals surface area contributed by atoms with Gasteiger partial charge >= 0.3 is 0 Å². The highest BCUT2D eigenvalue weighted by atomic mass is 16.5. The Morgan fingerprint density at radius 3 is 2.17 bits per heavy atom. The number of ketones is 4. The summed E-state index contributed by atoms with van der Waals surface area (Å²) in [5.74, 6) is -3.37.